The van der Waals surface area contributed by atoms with E-state index in [2.05, 4.69) is 9.97 Å². The van der Waals surface area contributed by atoms with Crippen molar-refractivity contribution in [2.75, 3.05) is 13.7 Å². The van der Waals surface area contributed by atoms with E-state index in [4.69, 9.17) is 16.3 Å². The molecule has 0 aromatic carbocycles. The number of aromatic nitrogens is 2. The van der Waals surface area contributed by atoms with Crippen LogP contribution >= 0.6 is 11.6 Å². The van der Waals surface area contributed by atoms with Gasteiger partial charge < -0.3 is 4.74 Å². The van der Waals surface area contributed by atoms with E-state index in [1.807, 2.05) is 18.9 Å². The molecule has 0 radical (unpaired) electrons. The number of pyridine rings is 2. The van der Waals surface area contributed by atoms with Gasteiger partial charge in [-0.2, -0.15) is 13.2 Å². The van der Waals surface area contributed by atoms with Crippen LogP contribution in [0.2, 0.25) is 5.15 Å². The van der Waals surface area contributed by atoms with E-state index in [0.717, 1.165) is 11.8 Å². The van der Waals surface area contributed by atoms with Gasteiger partial charge in [-0.1, -0.05) is 11.6 Å². The van der Waals surface area contributed by atoms with Gasteiger partial charge >= 0.3 is 6.18 Å². The van der Waals surface area contributed by atoms with Gasteiger partial charge in [0.25, 0.3) is 0 Å². The zero-order valence-electron chi connectivity index (χ0n) is 15.0. The molecule has 0 spiro atoms. The molecule has 5 nitrogen and oxygen atoms in total. The highest BCUT2D eigenvalue weighted by Gasteiger charge is 2.29. The number of rotatable bonds is 7. The molecule has 0 N–H and O–H groups in total. The summed E-state index contributed by atoms with van der Waals surface area (Å²) in [4.78, 5) is 21.2. The van der Waals surface area contributed by atoms with Gasteiger partial charge in [0, 0.05) is 41.7 Å². The molecule has 0 saturated heterocycles. The predicted octanol–water partition coefficient (Wildman–Crippen LogP) is 4.39. The van der Waals surface area contributed by atoms with Gasteiger partial charge in [0.2, 0.25) is 5.88 Å². The topological polar surface area (TPSA) is 55.3 Å². The third-order valence-corrected chi connectivity index (χ3v) is 4.37. The first-order valence-corrected chi connectivity index (χ1v) is 8.45. The molecule has 9 heteroatoms. The molecule has 1 unspecified atom stereocenters. The average Bonchev–Trinajstić information content (AvgIpc) is 2.59. The van der Waals surface area contributed by atoms with E-state index in [1.165, 1.54) is 12.4 Å². The Morgan fingerprint density at radius 2 is 2.07 bits per heavy atom. The number of hydrogen-bond acceptors (Lipinski definition) is 5. The number of carbonyl (C=O) groups excluding carboxylic acids is 1. The summed E-state index contributed by atoms with van der Waals surface area (Å²) in [7, 11) is 1.84. The Morgan fingerprint density at radius 1 is 1.37 bits per heavy atom. The summed E-state index contributed by atoms with van der Waals surface area (Å²) in [6.07, 6.45) is -0.754. The predicted molar refractivity (Wildman–Crippen MR) is 95.0 cm³/mol. The molecule has 0 aliphatic carbocycles. The van der Waals surface area contributed by atoms with Crippen LogP contribution < -0.4 is 4.74 Å². The maximum absolute atomic E-state index is 12.3. The number of halogens is 4. The quantitative estimate of drug-likeness (QED) is 0.509. The maximum Gasteiger partial charge on any atom is 0.422 e. The van der Waals surface area contributed by atoms with E-state index in [9.17, 15) is 18.0 Å². The van der Waals surface area contributed by atoms with Crippen molar-refractivity contribution in [2.45, 2.75) is 32.6 Å². The smallest absolute Gasteiger partial charge is 0.422 e. The van der Waals surface area contributed by atoms with Gasteiger partial charge in [0.1, 0.15) is 5.15 Å². The van der Waals surface area contributed by atoms with Crippen molar-refractivity contribution in [2.24, 2.45) is 0 Å². The molecule has 2 heterocycles. The minimum atomic E-state index is -4.41. The zero-order valence-corrected chi connectivity index (χ0v) is 15.8. The molecule has 2 aromatic rings. The Labute approximate surface area is 160 Å². The van der Waals surface area contributed by atoms with Crippen LogP contribution in [-0.4, -0.2) is 41.0 Å². The molecular formula is C18H19ClF3N3O2. The number of aldehydes is 1. The summed E-state index contributed by atoms with van der Waals surface area (Å²) in [6.45, 7) is 2.58. The molecule has 0 aliphatic rings. The van der Waals surface area contributed by atoms with Gasteiger partial charge in [-0.15, -0.1) is 0 Å². The number of ether oxygens (including phenoxy) is 1. The van der Waals surface area contributed by atoms with Gasteiger partial charge in [-0.05, 0) is 38.6 Å². The Balaban J connectivity index is 2.13. The summed E-state index contributed by atoms with van der Waals surface area (Å²) in [6, 6.07) is 3.10. The summed E-state index contributed by atoms with van der Waals surface area (Å²) in [5.74, 6) is -0.0506. The van der Waals surface area contributed by atoms with E-state index in [0.29, 0.717) is 23.2 Å². The van der Waals surface area contributed by atoms with Crippen LogP contribution in [0, 0.1) is 6.92 Å². The van der Waals surface area contributed by atoms with E-state index < -0.39 is 12.8 Å². The third-order valence-electron chi connectivity index (χ3n) is 4.07. The lowest BCUT2D eigenvalue weighted by molar-refractivity contribution is -0.154. The fraction of sp³-hybridized carbons (Fsp3) is 0.389. The van der Waals surface area contributed by atoms with Crippen molar-refractivity contribution >= 4 is 17.9 Å². The van der Waals surface area contributed by atoms with Crippen molar-refractivity contribution in [1.82, 2.24) is 14.9 Å². The van der Waals surface area contributed by atoms with Crippen molar-refractivity contribution in [3.05, 3.63) is 51.9 Å². The number of nitrogens with zero attached hydrogens (tertiary/aromatic N) is 3. The first-order valence-electron chi connectivity index (χ1n) is 8.07. The standard InChI is InChI=1S/C18H19ClF3N3O2/c1-11-6-13(7-24-17(11)27-10-18(20,21)22)8-25(3)12(2)15-14(9-26)4-5-23-16(15)19/h4-7,9,12H,8,10H2,1-3H3. The number of alkyl halides is 3. The van der Waals surface area contributed by atoms with Crippen LogP contribution in [0.1, 0.15) is 40.0 Å². The number of hydrogen-bond donors (Lipinski definition) is 0. The van der Waals surface area contributed by atoms with Gasteiger partial charge in [0.05, 0.1) is 0 Å². The second kappa shape index (κ2) is 8.67. The van der Waals surface area contributed by atoms with Crippen LogP contribution in [0.3, 0.4) is 0 Å². The largest absolute Gasteiger partial charge is 0.468 e. The minimum absolute atomic E-state index is 0.0506. The first kappa shape index (κ1) is 21.1. The Bertz CT molecular complexity index is 815. The monoisotopic (exact) mass is 401 g/mol. The lowest BCUT2D eigenvalue weighted by atomic mass is 10.0. The van der Waals surface area contributed by atoms with Gasteiger partial charge in [-0.25, -0.2) is 9.97 Å². The molecule has 27 heavy (non-hydrogen) atoms. The average molecular weight is 402 g/mol. The molecule has 0 amide bonds. The lowest BCUT2D eigenvalue weighted by Gasteiger charge is -2.26. The number of carbonyl (C=O) groups is 1. The fourth-order valence-electron chi connectivity index (χ4n) is 2.63. The van der Waals surface area contributed by atoms with E-state index in [1.54, 1.807) is 19.1 Å². The fourth-order valence-corrected chi connectivity index (χ4v) is 2.95. The maximum atomic E-state index is 12.3. The summed E-state index contributed by atoms with van der Waals surface area (Å²) >= 11 is 6.15. The Kier molecular flexibility index (Phi) is 6.78. The highest BCUT2D eigenvalue weighted by molar-refractivity contribution is 6.30. The molecular weight excluding hydrogens is 383 g/mol. The van der Waals surface area contributed by atoms with Crippen molar-refractivity contribution < 1.29 is 22.7 Å². The third kappa shape index (κ3) is 5.64. The van der Waals surface area contributed by atoms with E-state index in [-0.39, 0.29) is 17.1 Å². The molecule has 146 valence electrons. The molecule has 2 aromatic heterocycles. The molecule has 0 fully saturated rings. The minimum Gasteiger partial charge on any atom is -0.468 e. The van der Waals surface area contributed by atoms with Crippen molar-refractivity contribution in [3.8, 4) is 5.88 Å². The van der Waals surface area contributed by atoms with Crippen molar-refractivity contribution in [1.29, 1.82) is 0 Å². The van der Waals surface area contributed by atoms with Gasteiger partial charge in [-0.3, -0.25) is 9.69 Å². The first-order chi connectivity index (χ1) is 12.6. The zero-order chi connectivity index (χ0) is 20.2. The van der Waals surface area contributed by atoms with Gasteiger partial charge in [0.15, 0.2) is 12.9 Å². The summed E-state index contributed by atoms with van der Waals surface area (Å²) < 4.78 is 41.5. The lowest BCUT2D eigenvalue weighted by Crippen LogP contribution is -2.24. The van der Waals surface area contributed by atoms with E-state index >= 15 is 0 Å². The van der Waals surface area contributed by atoms with Crippen LogP contribution in [0.15, 0.2) is 24.5 Å². The summed E-state index contributed by atoms with van der Waals surface area (Å²) in [5.41, 5.74) is 2.37. The van der Waals surface area contributed by atoms with Crippen LogP contribution in [0.25, 0.3) is 0 Å². The normalized spacial score (nSPS) is 12.9. The molecule has 2 rings (SSSR count). The van der Waals surface area contributed by atoms with Crippen LogP contribution in [-0.2, 0) is 6.54 Å². The molecule has 0 bridgehead atoms. The SMILES string of the molecule is Cc1cc(CN(C)C(C)c2c(C=O)ccnc2Cl)cnc1OCC(F)(F)F. The number of aryl methyl sites for hydroxylation is 1. The molecule has 0 aliphatic heterocycles. The highest BCUT2D eigenvalue weighted by Crippen LogP contribution is 2.29. The molecule has 0 saturated carbocycles. The second-order valence-electron chi connectivity index (χ2n) is 6.18. The summed E-state index contributed by atoms with van der Waals surface area (Å²) in [5, 5.41) is 0.254. The van der Waals surface area contributed by atoms with Crippen LogP contribution in [0.5, 0.6) is 5.88 Å². The highest BCUT2D eigenvalue weighted by atomic mass is 35.5. The van der Waals surface area contributed by atoms with Crippen LogP contribution in [0.4, 0.5) is 13.2 Å². The second-order valence-corrected chi connectivity index (χ2v) is 6.54. The Morgan fingerprint density at radius 3 is 2.67 bits per heavy atom. The molecule has 1 atom stereocenters. The van der Waals surface area contributed by atoms with Crippen molar-refractivity contribution in [3.63, 3.8) is 0 Å². The Hall–Kier alpha value is -2.19.